The third-order valence-corrected chi connectivity index (χ3v) is 3.48. The molecule has 1 aromatic rings. The Morgan fingerprint density at radius 1 is 1.31 bits per heavy atom. The summed E-state index contributed by atoms with van der Waals surface area (Å²) in [5.41, 5.74) is 0. The number of alkyl halides is 1. The number of hydrogen-bond donors (Lipinski definition) is 1. The van der Waals surface area contributed by atoms with Gasteiger partial charge in [0.05, 0.1) is 17.4 Å². The molecular weight excluding hydrogens is 245 g/mol. The smallest absolute Gasteiger partial charge is 0.222 e. The van der Waals surface area contributed by atoms with Crippen molar-refractivity contribution in [1.29, 1.82) is 0 Å². The molecule has 16 heavy (non-hydrogen) atoms. The van der Waals surface area contributed by atoms with Crippen LogP contribution in [0.15, 0.2) is 12.4 Å². The first-order valence-electron chi connectivity index (χ1n) is 5.59. The minimum atomic E-state index is 0.340. The Balaban J connectivity index is 1.80. The van der Waals surface area contributed by atoms with Crippen molar-refractivity contribution in [1.82, 2.24) is 9.97 Å². The summed E-state index contributed by atoms with van der Waals surface area (Å²) in [6.07, 6.45) is 7.90. The molecule has 2 unspecified atom stereocenters. The summed E-state index contributed by atoms with van der Waals surface area (Å²) in [6.45, 7) is 0.894. The Morgan fingerprint density at radius 2 is 2.06 bits per heavy atom. The van der Waals surface area contributed by atoms with E-state index in [1.54, 1.807) is 12.4 Å². The van der Waals surface area contributed by atoms with E-state index < -0.39 is 0 Å². The van der Waals surface area contributed by atoms with Gasteiger partial charge in [-0.05, 0) is 25.2 Å². The van der Waals surface area contributed by atoms with Crippen LogP contribution in [0, 0.1) is 5.92 Å². The summed E-state index contributed by atoms with van der Waals surface area (Å²) in [7, 11) is 0. The normalized spacial score (nSPS) is 25.4. The molecule has 2 atom stereocenters. The first-order chi connectivity index (χ1) is 7.74. The van der Waals surface area contributed by atoms with Crippen LogP contribution in [0.5, 0.6) is 0 Å². The van der Waals surface area contributed by atoms with Crippen LogP contribution in [0.4, 0.5) is 5.95 Å². The van der Waals surface area contributed by atoms with Crippen LogP contribution in [0.25, 0.3) is 0 Å². The lowest BCUT2D eigenvalue weighted by atomic mass is 9.89. The first-order valence-corrected chi connectivity index (χ1v) is 6.41. The molecule has 1 N–H and O–H groups in total. The fraction of sp³-hybridized carbons (Fsp3) is 0.636. The lowest BCUT2D eigenvalue weighted by Gasteiger charge is -2.25. The maximum Gasteiger partial charge on any atom is 0.222 e. The Hall–Kier alpha value is -0.540. The molecule has 0 aromatic carbocycles. The quantitative estimate of drug-likeness (QED) is 0.847. The molecule has 1 fully saturated rings. The molecule has 1 aromatic heterocycles. The van der Waals surface area contributed by atoms with Gasteiger partial charge in [0.1, 0.15) is 0 Å². The molecule has 1 heterocycles. The summed E-state index contributed by atoms with van der Waals surface area (Å²) >= 11 is 11.8. The van der Waals surface area contributed by atoms with Gasteiger partial charge >= 0.3 is 0 Å². The molecule has 88 valence electrons. The van der Waals surface area contributed by atoms with Crippen molar-refractivity contribution in [3.05, 3.63) is 17.4 Å². The van der Waals surface area contributed by atoms with Gasteiger partial charge in [0.15, 0.2) is 0 Å². The zero-order chi connectivity index (χ0) is 11.4. The van der Waals surface area contributed by atoms with Crippen molar-refractivity contribution in [3.63, 3.8) is 0 Å². The fourth-order valence-electron chi connectivity index (χ4n) is 2.05. The fourth-order valence-corrected chi connectivity index (χ4v) is 2.55. The number of nitrogens with zero attached hydrogens (tertiary/aromatic N) is 2. The Bertz CT molecular complexity index is 329. The van der Waals surface area contributed by atoms with Crippen molar-refractivity contribution in [2.24, 2.45) is 5.92 Å². The van der Waals surface area contributed by atoms with Crippen LogP contribution >= 0.6 is 23.2 Å². The van der Waals surface area contributed by atoms with Crippen molar-refractivity contribution in [2.45, 2.75) is 31.1 Å². The van der Waals surface area contributed by atoms with Gasteiger partial charge in [-0.2, -0.15) is 0 Å². The third-order valence-electron chi connectivity index (χ3n) is 2.89. The molecule has 1 saturated carbocycles. The lowest BCUT2D eigenvalue weighted by molar-refractivity contribution is 0.378. The van der Waals surface area contributed by atoms with Gasteiger partial charge in [-0.1, -0.05) is 18.0 Å². The van der Waals surface area contributed by atoms with Crippen LogP contribution in [0.1, 0.15) is 25.7 Å². The zero-order valence-electron chi connectivity index (χ0n) is 9.00. The summed E-state index contributed by atoms with van der Waals surface area (Å²) in [6, 6.07) is 0. The van der Waals surface area contributed by atoms with E-state index in [-0.39, 0.29) is 0 Å². The molecule has 3 nitrogen and oxygen atoms in total. The van der Waals surface area contributed by atoms with E-state index in [0.29, 0.717) is 22.3 Å². The summed E-state index contributed by atoms with van der Waals surface area (Å²) in [4.78, 5) is 8.19. The number of hydrogen-bond acceptors (Lipinski definition) is 3. The van der Waals surface area contributed by atoms with E-state index in [4.69, 9.17) is 23.2 Å². The third kappa shape index (κ3) is 3.49. The predicted octanol–water partition coefficient (Wildman–Crippen LogP) is 3.34. The zero-order valence-corrected chi connectivity index (χ0v) is 10.5. The maximum atomic E-state index is 6.14. The van der Waals surface area contributed by atoms with Gasteiger partial charge in [-0.3, -0.25) is 0 Å². The lowest BCUT2D eigenvalue weighted by Crippen LogP contribution is -2.23. The molecule has 0 saturated heterocycles. The second kappa shape index (κ2) is 5.69. The molecule has 0 amide bonds. The minimum absolute atomic E-state index is 0.340. The van der Waals surface area contributed by atoms with Crippen molar-refractivity contribution in [3.8, 4) is 0 Å². The topological polar surface area (TPSA) is 37.8 Å². The molecule has 5 heteroatoms. The Labute approximate surface area is 106 Å². The van der Waals surface area contributed by atoms with Crippen molar-refractivity contribution >= 4 is 29.2 Å². The number of halogens is 2. The van der Waals surface area contributed by atoms with Crippen LogP contribution in [0.2, 0.25) is 5.02 Å². The maximum absolute atomic E-state index is 6.14. The highest BCUT2D eigenvalue weighted by atomic mass is 35.5. The van der Waals surface area contributed by atoms with E-state index >= 15 is 0 Å². The van der Waals surface area contributed by atoms with Crippen molar-refractivity contribution in [2.75, 3.05) is 11.9 Å². The molecule has 0 aliphatic heterocycles. The van der Waals surface area contributed by atoms with Crippen LogP contribution in [0.3, 0.4) is 0 Å². The highest BCUT2D eigenvalue weighted by Gasteiger charge is 2.19. The Kier molecular flexibility index (Phi) is 4.24. The van der Waals surface area contributed by atoms with E-state index in [1.165, 1.54) is 12.8 Å². The monoisotopic (exact) mass is 259 g/mol. The Morgan fingerprint density at radius 3 is 2.75 bits per heavy atom. The van der Waals surface area contributed by atoms with Gasteiger partial charge in [0, 0.05) is 11.9 Å². The second-order valence-electron chi connectivity index (χ2n) is 4.24. The van der Waals surface area contributed by atoms with Crippen molar-refractivity contribution < 1.29 is 0 Å². The van der Waals surface area contributed by atoms with Gasteiger partial charge in [-0.15, -0.1) is 11.6 Å². The van der Waals surface area contributed by atoms with Crippen LogP contribution in [-0.4, -0.2) is 21.9 Å². The number of nitrogens with one attached hydrogen (secondary N) is 1. The molecule has 0 spiro atoms. The molecule has 0 bridgehead atoms. The second-order valence-corrected chi connectivity index (χ2v) is 5.29. The average Bonchev–Trinajstić information content (AvgIpc) is 2.28. The van der Waals surface area contributed by atoms with E-state index in [9.17, 15) is 0 Å². The molecule has 1 aliphatic rings. The van der Waals surface area contributed by atoms with E-state index in [0.717, 1.165) is 19.4 Å². The van der Waals surface area contributed by atoms with Crippen LogP contribution < -0.4 is 5.32 Å². The molecule has 2 rings (SSSR count). The van der Waals surface area contributed by atoms with Gasteiger partial charge in [-0.25, -0.2) is 9.97 Å². The van der Waals surface area contributed by atoms with E-state index in [2.05, 4.69) is 15.3 Å². The first kappa shape index (κ1) is 11.9. The predicted molar refractivity (Wildman–Crippen MR) is 67.1 cm³/mol. The molecule has 1 aliphatic carbocycles. The van der Waals surface area contributed by atoms with Gasteiger partial charge in [0.25, 0.3) is 0 Å². The SMILES string of the molecule is Clc1cnc(NCC2CCCC(Cl)C2)nc1. The number of anilines is 1. The highest BCUT2D eigenvalue weighted by molar-refractivity contribution is 6.30. The summed E-state index contributed by atoms with van der Waals surface area (Å²) < 4.78 is 0. The molecular formula is C11H15Cl2N3. The number of rotatable bonds is 3. The standard InChI is InChI=1S/C11H15Cl2N3/c12-9-3-1-2-8(4-9)5-14-11-15-6-10(13)7-16-11/h6-9H,1-5H2,(H,14,15,16). The average molecular weight is 260 g/mol. The largest absolute Gasteiger partial charge is 0.354 e. The highest BCUT2D eigenvalue weighted by Crippen LogP contribution is 2.27. The van der Waals surface area contributed by atoms with Gasteiger partial charge in [0.2, 0.25) is 5.95 Å². The molecule has 0 radical (unpaired) electrons. The van der Waals surface area contributed by atoms with E-state index in [1.807, 2.05) is 0 Å². The van der Waals surface area contributed by atoms with Gasteiger partial charge < -0.3 is 5.32 Å². The minimum Gasteiger partial charge on any atom is -0.354 e. The summed E-state index contributed by atoms with van der Waals surface area (Å²) in [5, 5.41) is 4.12. The number of aromatic nitrogens is 2. The summed E-state index contributed by atoms with van der Waals surface area (Å²) in [5.74, 6) is 1.27. The van der Waals surface area contributed by atoms with Crippen LogP contribution in [-0.2, 0) is 0 Å².